The average Bonchev–Trinajstić information content (AvgIpc) is 4.07. The lowest BCUT2D eigenvalue weighted by atomic mass is 9.76. The summed E-state index contributed by atoms with van der Waals surface area (Å²) in [7, 11) is 0. The number of aliphatic hydroxyl groups is 1. The summed E-state index contributed by atoms with van der Waals surface area (Å²) in [6.45, 7) is 1.71. The zero-order valence-corrected chi connectivity index (χ0v) is 35.5. The van der Waals surface area contributed by atoms with Crippen LogP contribution in [0, 0.1) is 18.7 Å². The van der Waals surface area contributed by atoms with Crippen LogP contribution in [0.15, 0.2) is 47.3 Å². The Labute approximate surface area is 366 Å². The maximum Gasteiger partial charge on any atom is 0.343 e. The van der Waals surface area contributed by atoms with Crippen molar-refractivity contribution >= 4 is 46.3 Å². The second-order valence-corrected chi connectivity index (χ2v) is 16.9. The molecule has 1 fully saturated rings. The van der Waals surface area contributed by atoms with Crippen LogP contribution in [0.4, 0.5) is 4.39 Å². The molecule has 4 aliphatic rings. The van der Waals surface area contributed by atoms with Crippen molar-refractivity contribution in [2.24, 2.45) is 11.7 Å². The largest absolute Gasteiger partial charge is 0.458 e. The summed E-state index contributed by atoms with van der Waals surface area (Å²) >= 11 is 0. The fourth-order valence-electron chi connectivity index (χ4n) is 9.23. The number of ether oxygens (including phenoxy) is 2. The van der Waals surface area contributed by atoms with E-state index in [2.05, 4.69) is 21.3 Å². The normalized spacial score (nSPS) is 19.1. The summed E-state index contributed by atoms with van der Waals surface area (Å²) in [5, 5.41) is 22.2. The fraction of sp³-hybridized carbons (Fsp3) is 0.435. The Bertz CT molecular complexity index is 2650. The monoisotopic (exact) mass is 879 g/mol. The third kappa shape index (κ3) is 8.52. The van der Waals surface area contributed by atoms with E-state index >= 15 is 4.39 Å². The molecule has 336 valence electrons. The molecule has 4 heterocycles. The van der Waals surface area contributed by atoms with E-state index in [4.69, 9.17) is 20.2 Å². The zero-order valence-electron chi connectivity index (χ0n) is 35.5. The third-order valence-electron chi connectivity index (χ3n) is 12.8. The van der Waals surface area contributed by atoms with E-state index in [0.717, 1.165) is 34.9 Å². The first-order valence-corrected chi connectivity index (χ1v) is 21.5. The molecule has 0 bridgehead atoms. The summed E-state index contributed by atoms with van der Waals surface area (Å²) in [5.74, 6) is -4.24. The van der Waals surface area contributed by atoms with Crippen LogP contribution < -0.4 is 32.6 Å². The molecule has 4 amide bonds. The molecular formula is C46H50FN7O10. The van der Waals surface area contributed by atoms with Gasteiger partial charge in [0.2, 0.25) is 23.6 Å². The Balaban J connectivity index is 0.963. The molecule has 7 N–H and O–H groups in total. The van der Waals surface area contributed by atoms with Crippen LogP contribution in [-0.2, 0) is 69.8 Å². The van der Waals surface area contributed by atoms with Gasteiger partial charge in [0.15, 0.2) is 11.4 Å². The minimum absolute atomic E-state index is 0.0235. The Morgan fingerprint density at radius 3 is 2.47 bits per heavy atom. The van der Waals surface area contributed by atoms with E-state index in [9.17, 15) is 38.7 Å². The summed E-state index contributed by atoms with van der Waals surface area (Å²) < 4.78 is 28.3. The van der Waals surface area contributed by atoms with Crippen molar-refractivity contribution in [3.63, 3.8) is 0 Å². The number of nitrogens with zero attached hydrogens (tertiary/aromatic N) is 2. The van der Waals surface area contributed by atoms with Crippen LogP contribution >= 0.6 is 0 Å². The molecule has 17 nitrogen and oxygen atoms in total. The van der Waals surface area contributed by atoms with Crippen molar-refractivity contribution in [2.45, 2.75) is 95.6 Å². The molecule has 0 unspecified atom stereocenters. The van der Waals surface area contributed by atoms with Crippen molar-refractivity contribution in [1.82, 2.24) is 30.8 Å². The number of esters is 1. The van der Waals surface area contributed by atoms with Crippen molar-refractivity contribution < 1.29 is 47.7 Å². The molecule has 1 saturated carbocycles. The number of halogens is 1. The Morgan fingerprint density at radius 2 is 1.75 bits per heavy atom. The zero-order chi connectivity index (χ0) is 45.4. The number of fused-ring (bicyclic) bond motifs is 5. The van der Waals surface area contributed by atoms with Gasteiger partial charge in [-0.1, -0.05) is 37.3 Å². The molecule has 0 saturated heterocycles. The van der Waals surface area contributed by atoms with E-state index in [1.54, 1.807) is 44.2 Å². The number of ketones is 1. The molecule has 2 aliphatic heterocycles. The van der Waals surface area contributed by atoms with Crippen LogP contribution in [0.1, 0.15) is 83.9 Å². The first kappa shape index (κ1) is 44.2. The Hall–Kier alpha value is -6.37. The number of Topliss-reactive ketones (excluding diaryl/α,β-unsaturated/α-hetero) is 1. The quantitative estimate of drug-likeness (QED) is 0.0572. The average molecular weight is 880 g/mol. The van der Waals surface area contributed by atoms with Crippen molar-refractivity contribution in [3.8, 4) is 11.4 Å². The summed E-state index contributed by atoms with van der Waals surface area (Å²) in [6.07, 6.45) is 1.84. The number of nitrogens with two attached hydrogens (primary N) is 1. The van der Waals surface area contributed by atoms with Gasteiger partial charge in [0.1, 0.15) is 31.3 Å². The van der Waals surface area contributed by atoms with Gasteiger partial charge < -0.3 is 46.1 Å². The SMILES string of the molecule is CC[C@@]1(O)C(=O)OCc2c1cc1n(c2=O)Cc2c-1nc1cc(F)c(C)c3c1c2[C@@H](CC(=O)[C@@H](OCNC(=O)CNC(=O)[C@H](Cc1ccccc1)NC(=O)CNC(=O)CN)C1CC1)CC3. The number of hydrogen-bond acceptors (Lipinski definition) is 12. The van der Waals surface area contributed by atoms with Crippen molar-refractivity contribution in [2.75, 3.05) is 26.4 Å². The van der Waals surface area contributed by atoms with E-state index < -0.39 is 71.8 Å². The van der Waals surface area contributed by atoms with Crippen LogP contribution in [0.5, 0.6) is 0 Å². The lowest BCUT2D eigenvalue weighted by molar-refractivity contribution is -0.172. The molecule has 2 aromatic heterocycles. The van der Waals surface area contributed by atoms with Gasteiger partial charge in [0, 0.05) is 35.4 Å². The highest BCUT2D eigenvalue weighted by molar-refractivity contribution is 5.95. The molecule has 4 atom stereocenters. The van der Waals surface area contributed by atoms with Gasteiger partial charge in [-0.25, -0.2) is 14.2 Å². The second kappa shape index (κ2) is 18.0. The molecular weight excluding hydrogens is 830 g/mol. The van der Waals surface area contributed by atoms with Gasteiger partial charge in [-0.05, 0) is 79.2 Å². The predicted octanol–water partition coefficient (Wildman–Crippen LogP) is 1.30. The molecule has 18 heteroatoms. The number of amides is 4. The number of aryl methyl sites for hydroxylation is 1. The molecule has 4 aromatic rings. The third-order valence-corrected chi connectivity index (χ3v) is 12.8. The number of aromatic nitrogens is 2. The minimum atomic E-state index is -2.02. The molecule has 0 radical (unpaired) electrons. The van der Waals surface area contributed by atoms with Crippen LogP contribution in [-0.4, -0.2) is 88.5 Å². The van der Waals surface area contributed by atoms with Crippen LogP contribution in [0.25, 0.3) is 22.3 Å². The molecule has 0 spiro atoms. The number of cyclic esters (lactones) is 1. The lowest BCUT2D eigenvalue weighted by Crippen LogP contribution is -2.52. The van der Waals surface area contributed by atoms with Crippen LogP contribution in [0.3, 0.4) is 0 Å². The maximum absolute atomic E-state index is 15.4. The number of pyridine rings is 2. The Kier molecular flexibility index (Phi) is 12.5. The summed E-state index contributed by atoms with van der Waals surface area (Å²) in [4.78, 5) is 96.2. The van der Waals surface area contributed by atoms with Gasteiger partial charge in [-0.15, -0.1) is 0 Å². The van der Waals surface area contributed by atoms with E-state index in [1.807, 2.05) is 6.07 Å². The number of benzene rings is 2. The van der Waals surface area contributed by atoms with Gasteiger partial charge in [-0.3, -0.25) is 28.8 Å². The highest BCUT2D eigenvalue weighted by atomic mass is 19.1. The molecule has 8 rings (SSSR count). The number of hydrogen-bond donors (Lipinski definition) is 6. The van der Waals surface area contributed by atoms with Crippen LogP contribution in [0.2, 0.25) is 0 Å². The highest BCUT2D eigenvalue weighted by Crippen LogP contribution is 2.48. The predicted molar refractivity (Wildman–Crippen MR) is 228 cm³/mol. The van der Waals surface area contributed by atoms with Gasteiger partial charge >= 0.3 is 5.97 Å². The molecule has 2 aromatic carbocycles. The lowest BCUT2D eigenvalue weighted by Gasteiger charge is -2.31. The maximum atomic E-state index is 15.4. The van der Waals surface area contributed by atoms with E-state index in [0.29, 0.717) is 40.9 Å². The first-order chi connectivity index (χ1) is 30.7. The summed E-state index contributed by atoms with van der Waals surface area (Å²) in [6, 6.07) is 10.9. The van der Waals surface area contributed by atoms with E-state index in [1.165, 1.54) is 10.6 Å². The van der Waals surface area contributed by atoms with Gasteiger partial charge in [0.25, 0.3) is 5.56 Å². The highest BCUT2D eigenvalue weighted by Gasteiger charge is 2.46. The molecule has 2 aliphatic carbocycles. The number of carbonyl (C=O) groups excluding carboxylic acids is 6. The van der Waals surface area contributed by atoms with E-state index in [-0.39, 0.29) is 74.4 Å². The fourth-order valence-corrected chi connectivity index (χ4v) is 9.23. The van der Waals surface area contributed by atoms with Crippen molar-refractivity contribution in [3.05, 3.63) is 97.6 Å². The minimum Gasteiger partial charge on any atom is -0.458 e. The smallest absolute Gasteiger partial charge is 0.343 e. The summed E-state index contributed by atoms with van der Waals surface area (Å²) in [5.41, 5.74) is 7.90. The van der Waals surface area contributed by atoms with Crippen molar-refractivity contribution in [1.29, 1.82) is 0 Å². The molecule has 64 heavy (non-hydrogen) atoms. The second-order valence-electron chi connectivity index (χ2n) is 16.9. The Morgan fingerprint density at radius 1 is 1.00 bits per heavy atom. The number of rotatable bonds is 17. The first-order valence-electron chi connectivity index (χ1n) is 21.5. The van der Waals surface area contributed by atoms with Gasteiger partial charge in [0.05, 0.1) is 48.6 Å². The standard InChI is InChI=1S/C46H50FN7O10/c1-3-46(62)30-15-34-41-28(20-54(34)44(60)29(30)21-63-45(46)61)39-26(11-12-27-23(2)31(47)16-32(53-41)40(27)39)14-35(55)42(25-9-10-25)64-22-51-37(57)18-50-43(59)33(13-24-7-5-4-6-8-24)52-38(58)19-49-36(56)17-48/h4-8,15-16,25-26,33,42,62H,3,9-14,17-22,48H2,1-2H3,(H,49,56)(H,50,59)(H,51,57)(H,52,58)/t26-,33+,42+,46+/m1/s1. The topological polar surface area (TPSA) is 250 Å². The number of carbonyl (C=O) groups is 6. The van der Waals surface area contributed by atoms with Gasteiger partial charge in [-0.2, -0.15) is 0 Å². The number of nitrogens with one attached hydrogen (secondary N) is 4.